The van der Waals surface area contributed by atoms with Crippen LogP contribution in [0.25, 0.3) is 10.9 Å². The van der Waals surface area contributed by atoms with Gasteiger partial charge in [-0.25, -0.2) is 4.99 Å². The van der Waals surface area contributed by atoms with E-state index in [1.54, 1.807) is 24.3 Å². The molecule has 65 heavy (non-hydrogen) atoms. The van der Waals surface area contributed by atoms with Gasteiger partial charge in [0.15, 0.2) is 5.88 Å². The Morgan fingerprint density at radius 3 is 2.40 bits per heavy atom. The van der Waals surface area contributed by atoms with Crippen molar-refractivity contribution in [2.45, 2.75) is 45.3 Å². The molecular formula is C49H51N7O9. The van der Waals surface area contributed by atoms with E-state index in [1.165, 1.54) is 4.90 Å². The lowest BCUT2D eigenvalue weighted by molar-refractivity contribution is -0.137. The minimum atomic E-state index is -0.730. The van der Waals surface area contributed by atoms with Gasteiger partial charge in [0.2, 0.25) is 17.7 Å². The molecule has 1 atom stereocenters. The van der Waals surface area contributed by atoms with Gasteiger partial charge >= 0.3 is 0 Å². The zero-order chi connectivity index (χ0) is 45.5. The van der Waals surface area contributed by atoms with Gasteiger partial charge in [0.1, 0.15) is 6.04 Å². The number of nitrogens with one attached hydrogen (secondary N) is 5. The third kappa shape index (κ3) is 12.1. The molecule has 0 saturated carbocycles. The van der Waals surface area contributed by atoms with E-state index in [1.807, 2.05) is 73.7 Å². The van der Waals surface area contributed by atoms with Crippen molar-refractivity contribution in [3.8, 4) is 17.7 Å². The van der Waals surface area contributed by atoms with Gasteiger partial charge in [0.05, 0.1) is 68.5 Å². The number of aromatic hydroxyl groups is 1. The highest BCUT2D eigenvalue weighted by molar-refractivity contribution is 6.22. The number of aromatic nitrogens is 1. The number of fused-ring (bicyclic) bond motifs is 2. The standard InChI is InChI=1S/C49H51N7O9/c1-2-51-42(57)19-14-32-13-17-37-40(29-32)54-48(61)45(37)46(34-7-4-3-5-8-34)52-35-15-11-33(12-16-35)30-50-22-24-64-26-28-65-27-25-63-23-21-44(59)53-39-10-6-9-36-38(39)31-56(49(36)62)41-18-20-43(58)55-47(41)60/h3-13,15-17,29,41,50,54,61H,2,18,20-28,30-31H2,1H3,(H,51,57)(H,53,59)(H,55,58,60). The van der Waals surface area contributed by atoms with E-state index >= 15 is 0 Å². The van der Waals surface area contributed by atoms with Crippen molar-refractivity contribution in [3.05, 3.63) is 124 Å². The first-order valence-corrected chi connectivity index (χ1v) is 21.6. The van der Waals surface area contributed by atoms with Crippen LogP contribution in [0.15, 0.2) is 96.0 Å². The monoisotopic (exact) mass is 881 g/mol. The Morgan fingerprint density at radius 1 is 0.892 bits per heavy atom. The SMILES string of the molecule is CCNC(=O)C#Cc1ccc2c(C(=Nc3ccc(CNCCOCCOCCOCCC(=O)Nc4cccc5c4CN(C4CCC(=O)NC4=O)C5=O)cc3)c3ccccc3)c(O)[nH]c2c1. The summed E-state index contributed by atoms with van der Waals surface area (Å²) >= 11 is 0. The maximum Gasteiger partial charge on any atom is 0.296 e. The van der Waals surface area contributed by atoms with E-state index in [9.17, 15) is 29.1 Å². The summed E-state index contributed by atoms with van der Waals surface area (Å²) in [5, 5.41) is 23.1. The van der Waals surface area contributed by atoms with Crippen LogP contribution in [0.3, 0.4) is 0 Å². The van der Waals surface area contributed by atoms with Crippen molar-refractivity contribution in [1.82, 2.24) is 25.8 Å². The first-order valence-electron chi connectivity index (χ1n) is 21.6. The van der Waals surface area contributed by atoms with Crippen LogP contribution in [0.5, 0.6) is 5.88 Å². The third-order valence-electron chi connectivity index (χ3n) is 10.7. The predicted molar refractivity (Wildman–Crippen MR) is 244 cm³/mol. The number of rotatable bonds is 20. The lowest BCUT2D eigenvalue weighted by atomic mass is 10.00. The summed E-state index contributed by atoms with van der Waals surface area (Å²) in [5.41, 5.74) is 6.68. The number of anilines is 1. The third-order valence-corrected chi connectivity index (χ3v) is 10.7. The molecular weight excluding hydrogens is 831 g/mol. The van der Waals surface area contributed by atoms with Crippen LogP contribution in [0.4, 0.5) is 11.4 Å². The molecule has 5 aromatic rings. The molecule has 1 saturated heterocycles. The number of hydrogen-bond donors (Lipinski definition) is 6. The summed E-state index contributed by atoms with van der Waals surface area (Å²) < 4.78 is 16.9. The zero-order valence-electron chi connectivity index (χ0n) is 36.0. The molecule has 0 radical (unpaired) electrons. The van der Waals surface area contributed by atoms with Gasteiger partial charge in [-0.05, 0) is 55.3 Å². The first-order chi connectivity index (χ1) is 31.7. The Kier molecular flexibility index (Phi) is 15.8. The Bertz CT molecular complexity index is 2620. The van der Waals surface area contributed by atoms with Gasteiger partial charge in [0.25, 0.3) is 11.8 Å². The summed E-state index contributed by atoms with van der Waals surface area (Å²) in [6, 6.07) is 27.4. The number of piperidine rings is 1. The molecule has 1 unspecified atom stereocenters. The molecule has 1 aromatic heterocycles. The molecule has 5 amide bonds. The Labute approximate surface area is 376 Å². The number of aliphatic imine (C=N–C) groups is 1. The normalized spacial score (nSPS) is 14.8. The molecule has 6 N–H and O–H groups in total. The fourth-order valence-electron chi connectivity index (χ4n) is 7.51. The van der Waals surface area contributed by atoms with Gasteiger partial charge in [-0.2, -0.15) is 0 Å². The van der Waals surface area contributed by atoms with Crippen molar-refractivity contribution in [3.63, 3.8) is 0 Å². The highest BCUT2D eigenvalue weighted by atomic mass is 16.5. The van der Waals surface area contributed by atoms with Gasteiger partial charge in [0, 0.05) is 71.8 Å². The second kappa shape index (κ2) is 22.5. The molecule has 16 heteroatoms. The number of carbonyl (C=O) groups is 5. The van der Waals surface area contributed by atoms with E-state index < -0.39 is 11.9 Å². The van der Waals surface area contributed by atoms with Crippen molar-refractivity contribution in [1.29, 1.82) is 0 Å². The van der Waals surface area contributed by atoms with Crippen LogP contribution < -0.4 is 21.3 Å². The summed E-state index contributed by atoms with van der Waals surface area (Å²) in [6.45, 7) is 5.95. The molecule has 336 valence electrons. The van der Waals surface area contributed by atoms with E-state index in [4.69, 9.17) is 19.2 Å². The van der Waals surface area contributed by atoms with Gasteiger partial charge in [-0.3, -0.25) is 29.3 Å². The highest BCUT2D eigenvalue weighted by Crippen LogP contribution is 2.34. The molecule has 1 fully saturated rings. The van der Waals surface area contributed by atoms with Crippen molar-refractivity contribution in [2.24, 2.45) is 4.99 Å². The fraction of sp³-hybridized carbons (Fsp3) is 0.306. The van der Waals surface area contributed by atoms with Crippen molar-refractivity contribution in [2.75, 3.05) is 58.0 Å². The molecule has 4 aromatic carbocycles. The van der Waals surface area contributed by atoms with Gasteiger partial charge in [-0.1, -0.05) is 60.5 Å². The number of benzene rings is 4. The molecule has 16 nitrogen and oxygen atoms in total. The average molecular weight is 882 g/mol. The van der Waals surface area contributed by atoms with E-state index in [0.717, 1.165) is 22.2 Å². The maximum atomic E-state index is 13.0. The highest BCUT2D eigenvalue weighted by Gasteiger charge is 2.40. The van der Waals surface area contributed by atoms with Crippen LogP contribution in [0, 0.1) is 11.8 Å². The van der Waals surface area contributed by atoms with Gasteiger partial charge < -0.3 is 45.2 Å². The van der Waals surface area contributed by atoms with E-state index in [-0.39, 0.29) is 61.9 Å². The molecule has 2 aliphatic rings. The lowest BCUT2D eigenvalue weighted by Gasteiger charge is -2.29. The molecule has 3 heterocycles. The largest absolute Gasteiger partial charge is 0.494 e. The minimum Gasteiger partial charge on any atom is -0.494 e. The minimum absolute atomic E-state index is 0.0196. The van der Waals surface area contributed by atoms with Crippen LogP contribution in [0.1, 0.15) is 64.4 Å². The topological polar surface area (TPSA) is 213 Å². The molecule has 0 aliphatic carbocycles. The second-order valence-corrected chi connectivity index (χ2v) is 15.3. The average Bonchev–Trinajstić information content (AvgIpc) is 3.82. The zero-order valence-corrected chi connectivity index (χ0v) is 36.0. The Morgan fingerprint density at radius 2 is 1.65 bits per heavy atom. The van der Waals surface area contributed by atoms with Gasteiger partial charge in [-0.15, -0.1) is 0 Å². The maximum absolute atomic E-state index is 13.0. The predicted octanol–water partition coefficient (Wildman–Crippen LogP) is 4.46. The first kappa shape index (κ1) is 45.9. The fourth-order valence-corrected chi connectivity index (χ4v) is 7.51. The molecule has 0 bridgehead atoms. The van der Waals surface area contributed by atoms with Crippen LogP contribution in [-0.2, 0) is 46.5 Å². The number of aromatic amines is 1. The number of hydrogen-bond acceptors (Lipinski definition) is 11. The number of amides is 5. The number of ether oxygens (including phenoxy) is 3. The summed E-state index contributed by atoms with van der Waals surface area (Å²) in [4.78, 5) is 71.0. The number of H-pyrrole nitrogens is 1. The van der Waals surface area contributed by atoms with Crippen LogP contribution in [-0.4, -0.2) is 109 Å². The smallest absolute Gasteiger partial charge is 0.296 e. The Balaban J connectivity index is 0.778. The van der Waals surface area contributed by atoms with Crippen molar-refractivity contribution < 1.29 is 43.3 Å². The quantitative estimate of drug-likeness (QED) is 0.0280. The van der Waals surface area contributed by atoms with Crippen LogP contribution in [0.2, 0.25) is 0 Å². The summed E-state index contributed by atoms with van der Waals surface area (Å²) in [7, 11) is 0. The van der Waals surface area contributed by atoms with E-state index in [0.29, 0.717) is 91.8 Å². The molecule has 0 spiro atoms. The number of carbonyl (C=O) groups excluding carboxylic acids is 5. The number of nitrogens with zero attached hydrogens (tertiary/aromatic N) is 2. The van der Waals surface area contributed by atoms with Crippen LogP contribution >= 0.6 is 0 Å². The molecule has 2 aliphatic heterocycles. The number of imide groups is 1. The van der Waals surface area contributed by atoms with E-state index in [2.05, 4.69) is 38.1 Å². The van der Waals surface area contributed by atoms with Crippen molar-refractivity contribution >= 4 is 57.5 Å². The summed E-state index contributed by atoms with van der Waals surface area (Å²) in [6.07, 6.45) is 0.539. The summed E-state index contributed by atoms with van der Waals surface area (Å²) in [5.74, 6) is 3.68. The second-order valence-electron chi connectivity index (χ2n) is 15.3. The lowest BCUT2D eigenvalue weighted by Crippen LogP contribution is -2.52. The molecule has 7 rings (SSSR count). The Hall–Kier alpha value is -7.16.